The van der Waals surface area contributed by atoms with Crippen molar-refractivity contribution in [1.82, 2.24) is 0 Å². The molecule has 0 radical (unpaired) electrons. The van der Waals surface area contributed by atoms with Crippen molar-refractivity contribution < 1.29 is 4.39 Å². The van der Waals surface area contributed by atoms with E-state index in [9.17, 15) is 4.39 Å². The van der Waals surface area contributed by atoms with Gasteiger partial charge in [-0.1, -0.05) is 51.3 Å². The molecule has 0 aliphatic carbocycles. The second kappa shape index (κ2) is 5.41. The van der Waals surface area contributed by atoms with Crippen LogP contribution in [-0.2, 0) is 0 Å². The third-order valence-electron chi connectivity index (χ3n) is 2.94. The number of rotatable bonds is 2. The number of halogens is 3. The summed E-state index contributed by atoms with van der Waals surface area (Å²) in [6.07, 6.45) is 0. The standard InChI is InChI=1S/C15H13BrClF/c1-9-3-4-10(2)12(7-9)15(16)13-8-11(17)5-6-14(13)18/h3-8,15H,1-2H3. The summed E-state index contributed by atoms with van der Waals surface area (Å²) >= 11 is 9.50. The average Bonchev–Trinajstić information content (AvgIpc) is 2.34. The number of hydrogen-bond donors (Lipinski definition) is 0. The zero-order chi connectivity index (χ0) is 13.3. The molecule has 0 saturated carbocycles. The maximum atomic E-state index is 13.8. The average molecular weight is 328 g/mol. The Bertz CT molecular complexity index is 529. The highest BCUT2D eigenvalue weighted by Gasteiger charge is 2.17. The van der Waals surface area contributed by atoms with Crippen molar-refractivity contribution in [1.29, 1.82) is 0 Å². The van der Waals surface area contributed by atoms with E-state index in [-0.39, 0.29) is 10.6 Å². The molecule has 0 aliphatic rings. The van der Waals surface area contributed by atoms with Crippen LogP contribution in [0.5, 0.6) is 0 Å². The lowest BCUT2D eigenvalue weighted by molar-refractivity contribution is 0.613. The Balaban J connectivity index is 2.50. The molecular weight excluding hydrogens is 315 g/mol. The first kappa shape index (κ1) is 13.6. The van der Waals surface area contributed by atoms with Crippen molar-refractivity contribution in [2.75, 3.05) is 0 Å². The van der Waals surface area contributed by atoms with E-state index in [1.54, 1.807) is 12.1 Å². The van der Waals surface area contributed by atoms with Crippen LogP contribution in [0.3, 0.4) is 0 Å². The zero-order valence-corrected chi connectivity index (χ0v) is 12.5. The highest BCUT2D eigenvalue weighted by Crippen LogP contribution is 2.35. The molecule has 0 bridgehead atoms. The molecule has 1 unspecified atom stereocenters. The highest BCUT2D eigenvalue weighted by molar-refractivity contribution is 9.09. The lowest BCUT2D eigenvalue weighted by Gasteiger charge is -2.15. The van der Waals surface area contributed by atoms with Crippen molar-refractivity contribution >= 4 is 27.5 Å². The van der Waals surface area contributed by atoms with Crippen molar-refractivity contribution in [3.63, 3.8) is 0 Å². The van der Waals surface area contributed by atoms with Gasteiger partial charge in [-0.05, 0) is 43.2 Å². The van der Waals surface area contributed by atoms with Crippen LogP contribution in [0.1, 0.15) is 27.1 Å². The minimum absolute atomic E-state index is 0.184. The van der Waals surface area contributed by atoms with Gasteiger partial charge in [-0.3, -0.25) is 0 Å². The summed E-state index contributed by atoms with van der Waals surface area (Å²) in [6.45, 7) is 4.04. The molecule has 18 heavy (non-hydrogen) atoms. The van der Waals surface area contributed by atoms with Gasteiger partial charge in [-0.2, -0.15) is 0 Å². The molecule has 2 aromatic carbocycles. The zero-order valence-electron chi connectivity index (χ0n) is 10.2. The van der Waals surface area contributed by atoms with Crippen molar-refractivity contribution in [3.8, 4) is 0 Å². The predicted octanol–water partition coefficient (Wildman–Crippen LogP) is 5.58. The van der Waals surface area contributed by atoms with Crippen LogP contribution in [0.25, 0.3) is 0 Å². The molecule has 3 heteroatoms. The summed E-state index contributed by atoms with van der Waals surface area (Å²) < 4.78 is 13.8. The highest BCUT2D eigenvalue weighted by atomic mass is 79.9. The Morgan fingerprint density at radius 2 is 1.78 bits per heavy atom. The summed E-state index contributed by atoms with van der Waals surface area (Å²) in [5.74, 6) is -0.248. The minimum atomic E-state index is -0.248. The normalized spacial score (nSPS) is 12.5. The molecule has 2 aromatic rings. The fraction of sp³-hybridized carbons (Fsp3) is 0.200. The summed E-state index contributed by atoms with van der Waals surface area (Å²) in [4.78, 5) is -0.184. The predicted molar refractivity (Wildman–Crippen MR) is 78.1 cm³/mol. The summed E-state index contributed by atoms with van der Waals surface area (Å²) in [6, 6.07) is 10.8. The molecule has 0 saturated heterocycles. The number of benzene rings is 2. The second-order valence-electron chi connectivity index (χ2n) is 4.39. The van der Waals surface area contributed by atoms with Crippen molar-refractivity contribution in [2.45, 2.75) is 18.7 Å². The van der Waals surface area contributed by atoms with Gasteiger partial charge in [0.2, 0.25) is 0 Å². The Morgan fingerprint density at radius 3 is 2.50 bits per heavy atom. The molecular formula is C15H13BrClF. The van der Waals surface area contributed by atoms with Crippen LogP contribution in [0.4, 0.5) is 4.39 Å². The van der Waals surface area contributed by atoms with Crippen LogP contribution in [0.15, 0.2) is 36.4 Å². The first-order valence-electron chi connectivity index (χ1n) is 5.65. The quantitative estimate of drug-likeness (QED) is 0.632. The van der Waals surface area contributed by atoms with Gasteiger partial charge in [0, 0.05) is 10.6 Å². The molecule has 2 rings (SSSR count). The molecule has 0 N–H and O–H groups in total. The van der Waals surface area contributed by atoms with Crippen molar-refractivity contribution in [2.24, 2.45) is 0 Å². The monoisotopic (exact) mass is 326 g/mol. The van der Waals surface area contributed by atoms with Gasteiger partial charge in [0.15, 0.2) is 0 Å². The van der Waals surface area contributed by atoms with E-state index in [0.717, 1.165) is 16.7 Å². The molecule has 0 spiro atoms. The van der Waals surface area contributed by atoms with E-state index in [0.29, 0.717) is 10.6 Å². The van der Waals surface area contributed by atoms with Crippen molar-refractivity contribution in [3.05, 3.63) is 69.5 Å². The van der Waals surface area contributed by atoms with Crippen LogP contribution in [0.2, 0.25) is 5.02 Å². The Labute approximate surface area is 120 Å². The smallest absolute Gasteiger partial charge is 0.127 e. The van der Waals surface area contributed by atoms with Gasteiger partial charge in [0.1, 0.15) is 5.82 Å². The van der Waals surface area contributed by atoms with E-state index in [1.165, 1.54) is 6.07 Å². The number of aryl methyl sites for hydroxylation is 2. The molecule has 0 aliphatic heterocycles. The minimum Gasteiger partial charge on any atom is -0.207 e. The van der Waals surface area contributed by atoms with Gasteiger partial charge in [0.05, 0.1) is 4.83 Å². The van der Waals surface area contributed by atoms with E-state index < -0.39 is 0 Å². The summed E-state index contributed by atoms with van der Waals surface area (Å²) in [7, 11) is 0. The first-order valence-corrected chi connectivity index (χ1v) is 6.94. The SMILES string of the molecule is Cc1ccc(C)c(C(Br)c2cc(Cl)ccc2F)c1. The molecule has 0 heterocycles. The van der Waals surface area contributed by atoms with Gasteiger partial charge < -0.3 is 0 Å². The second-order valence-corrected chi connectivity index (χ2v) is 5.74. The maximum absolute atomic E-state index is 13.8. The fourth-order valence-corrected chi connectivity index (χ4v) is 2.93. The molecule has 0 nitrogen and oxygen atoms in total. The summed E-state index contributed by atoms with van der Waals surface area (Å²) in [5.41, 5.74) is 3.91. The largest absolute Gasteiger partial charge is 0.207 e. The van der Waals surface area contributed by atoms with E-state index in [1.807, 2.05) is 26.0 Å². The maximum Gasteiger partial charge on any atom is 0.127 e. The van der Waals surface area contributed by atoms with Gasteiger partial charge >= 0.3 is 0 Å². The first-order chi connectivity index (χ1) is 8.49. The Hall–Kier alpha value is -0.860. The molecule has 0 fully saturated rings. The van der Waals surface area contributed by atoms with E-state index in [4.69, 9.17) is 11.6 Å². The Kier molecular flexibility index (Phi) is 4.08. The topological polar surface area (TPSA) is 0 Å². The third-order valence-corrected chi connectivity index (χ3v) is 4.16. The van der Waals surface area contributed by atoms with E-state index in [2.05, 4.69) is 22.0 Å². The lowest BCUT2D eigenvalue weighted by atomic mass is 9.98. The van der Waals surface area contributed by atoms with Crippen LogP contribution >= 0.6 is 27.5 Å². The number of alkyl halides is 1. The summed E-state index contributed by atoms with van der Waals surface area (Å²) in [5, 5.41) is 0.543. The van der Waals surface area contributed by atoms with Crippen LogP contribution in [0, 0.1) is 19.7 Å². The Morgan fingerprint density at radius 1 is 1.06 bits per heavy atom. The molecule has 1 atom stereocenters. The van der Waals surface area contributed by atoms with Gasteiger partial charge in [-0.25, -0.2) is 4.39 Å². The van der Waals surface area contributed by atoms with Gasteiger partial charge in [0.25, 0.3) is 0 Å². The molecule has 0 amide bonds. The molecule has 94 valence electrons. The fourth-order valence-electron chi connectivity index (χ4n) is 1.91. The van der Waals surface area contributed by atoms with Crippen LogP contribution in [-0.4, -0.2) is 0 Å². The van der Waals surface area contributed by atoms with Gasteiger partial charge in [-0.15, -0.1) is 0 Å². The lowest BCUT2D eigenvalue weighted by Crippen LogP contribution is -1.99. The van der Waals surface area contributed by atoms with Crippen LogP contribution < -0.4 is 0 Å². The number of hydrogen-bond acceptors (Lipinski definition) is 0. The third kappa shape index (κ3) is 2.76. The molecule has 0 aromatic heterocycles. The van der Waals surface area contributed by atoms with E-state index >= 15 is 0 Å².